The van der Waals surface area contributed by atoms with E-state index in [2.05, 4.69) is 20.8 Å². The predicted octanol–water partition coefficient (Wildman–Crippen LogP) is 5.16. The Morgan fingerprint density at radius 1 is 1.00 bits per heavy atom. The number of anilines is 1. The Kier molecular flexibility index (Phi) is 7.75. The number of amides is 2. The lowest BCUT2D eigenvalue weighted by molar-refractivity contribution is -0.120. The van der Waals surface area contributed by atoms with Crippen molar-refractivity contribution in [1.82, 2.24) is 25.1 Å². The predicted molar refractivity (Wildman–Crippen MR) is 139 cm³/mol. The van der Waals surface area contributed by atoms with E-state index in [9.17, 15) is 9.59 Å². The van der Waals surface area contributed by atoms with Crippen LogP contribution in [0.2, 0.25) is 5.02 Å². The largest absolute Gasteiger partial charge is 0.323 e. The van der Waals surface area contributed by atoms with Crippen LogP contribution in [0.4, 0.5) is 5.69 Å². The number of tetrazole rings is 1. The van der Waals surface area contributed by atoms with Crippen molar-refractivity contribution in [1.29, 1.82) is 0 Å². The van der Waals surface area contributed by atoms with Crippen LogP contribution < -0.4 is 5.32 Å². The van der Waals surface area contributed by atoms with Gasteiger partial charge in [0, 0.05) is 22.8 Å². The molecule has 4 rings (SSSR count). The van der Waals surface area contributed by atoms with E-state index in [1.807, 2.05) is 39.0 Å². The van der Waals surface area contributed by atoms with Gasteiger partial charge >= 0.3 is 0 Å². The SMILES string of the molecule is CCCN(C(=O)c1ccc(-n2cnnn2)cc1)[C@H](C(=O)Nc1c(C)cccc1C)c1ccc(Cl)cc1. The van der Waals surface area contributed by atoms with Crippen LogP contribution in [0.3, 0.4) is 0 Å². The van der Waals surface area contributed by atoms with Crippen molar-refractivity contribution >= 4 is 29.1 Å². The Hall–Kier alpha value is -4.04. The van der Waals surface area contributed by atoms with Crippen LogP contribution in [0.1, 0.15) is 46.4 Å². The van der Waals surface area contributed by atoms with Crippen molar-refractivity contribution in [3.63, 3.8) is 0 Å². The van der Waals surface area contributed by atoms with E-state index in [1.165, 1.54) is 11.0 Å². The first kappa shape index (κ1) is 25.1. The highest BCUT2D eigenvalue weighted by Gasteiger charge is 2.32. The fourth-order valence-corrected chi connectivity index (χ4v) is 4.24. The summed E-state index contributed by atoms with van der Waals surface area (Å²) in [5.41, 5.74) is 4.50. The summed E-state index contributed by atoms with van der Waals surface area (Å²) in [5.74, 6) is -0.543. The van der Waals surface area contributed by atoms with Gasteiger partial charge in [0.05, 0.1) is 5.69 Å². The Balaban J connectivity index is 1.71. The summed E-state index contributed by atoms with van der Waals surface area (Å²) in [4.78, 5) is 29.2. The van der Waals surface area contributed by atoms with Gasteiger partial charge < -0.3 is 10.2 Å². The number of hydrogen-bond acceptors (Lipinski definition) is 5. The molecular formula is C27H27ClN6O2. The molecule has 184 valence electrons. The summed E-state index contributed by atoms with van der Waals surface area (Å²) in [6.07, 6.45) is 2.16. The molecule has 8 nitrogen and oxygen atoms in total. The molecule has 0 aliphatic heterocycles. The average molecular weight is 503 g/mol. The number of carbonyl (C=O) groups is 2. The van der Waals surface area contributed by atoms with Gasteiger partial charge in [-0.05, 0) is 83.8 Å². The first-order valence-corrected chi connectivity index (χ1v) is 12.0. The normalized spacial score (nSPS) is 11.7. The summed E-state index contributed by atoms with van der Waals surface area (Å²) in [6.45, 7) is 6.26. The summed E-state index contributed by atoms with van der Waals surface area (Å²) in [7, 11) is 0. The first-order chi connectivity index (χ1) is 17.4. The van der Waals surface area contributed by atoms with Crippen LogP contribution in [0, 0.1) is 13.8 Å². The van der Waals surface area contributed by atoms with Crippen molar-refractivity contribution in [2.24, 2.45) is 0 Å². The van der Waals surface area contributed by atoms with Crippen molar-refractivity contribution in [2.75, 3.05) is 11.9 Å². The molecule has 36 heavy (non-hydrogen) atoms. The number of nitrogens with one attached hydrogen (secondary N) is 1. The highest BCUT2D eigenvalue weighted by Crippen LogP contribution is 2.28. The third-order valence-corrected chi connectivity index (χ3v) is 6.18. The molecule has 0 aliphatic carbocycles. The number of nitrogens with zero attached hydrogens (tertiary/aromatic N) is 5. The van der Waals surface area contributed by atoms with Crippen LogP contribution in [-0.4, -0.2) is 43.5 Å². The standard InChI is InChI=1S/C27H27ClN6O2/c1-4-16-33(27(36)21-10-14-23(15-11-21)34-17-29-31-32-34)25(20-8-12-22(28)13-9-20)26(35)30-24-18(2)6-5-7-19(24)3/h5-15,17,25H,4,16H2,1-3H3,(H,30,35)/t25-/m0/s1. The number of benzene rings is 3. The van der Waals surface area contributed by atoms with Gasteiger partial charge in [-0.1, -0.05) is 48.9 Å². The Morgan fingerprint density at radius 2 is 1.67 bits per heavy atom. The highest BCUT2D eigenvalue weighted by molar-refractivity contribution is 6.30. The summed E-state index contributed by atoms with van der Waals surface area (Å²) in [6, 6.07) is 19.0. The fourth-order valence-electron chi connectivity index (χ4n) is 4.11. The van der Waals surface area contributed by atoms with E-state index in [0.29, 0.717) is 29.1 Å². The maximum absolute atomic E-state index is 13.8. The molecule has 1 atom stereocenters. The lowest BCUT2D eigenvalue weighted by Crippen LogP contribution is -2.42. The molecule has 0 bridgehead atoms. The molecule has 0 radical (unpaired) electrons. The number of carbonyl (C=O) groups excluding carboxylic acids is 2. The molecule has 0 spiro atoms. The zero-order chi connectivity index (χ0) is 25.7. The molecule has 4 aromatic rings. The van der Waals surface area contributed by atoms with Gasteiger partial charge in [0.15, 0.2) is 0 Å². The third kappa shape index (κ3) is 5.44. The van der Waals surface area contributed by atoms with Gasteiger partial charge in [-0.15, -0.1) is 5.10 Å². The molecule has 0 saturated carbocycles. The van der Waals surface area contributed by atoms with E-state index in [0.717, 1.165) is 22.5 Å². The van der Waals surface area contributed by atoms with Crippen molar-refractivity contribution in [3.05, 3.63) is 100 Å². The van der Waals surface area contributed by atoms with Crippen molar-refractivity contribution in [2.45, 2.75) is 33.2 Å². The summed E-state index contributed by atoms with van der Waals surface area (Å²) in [5, 5.41) is 14.8. The van der Waals surface area contributed by atoms with Crippen LogP contribution in [-0.2, 0) is 4.79 Å². The molecule has 1 heterocycles. The minimum Gasteiger partial charge on any atom is -0.323 e. The van der Waals surface area contributed by atoms with E-state index in [-0.39, 0.29) is 11.8 Å². The minimum absolute atomic E-state index is 0.253. The monoisotopic (exact) mass is 502 g/mol. The van der Waals surface area contributed by atoms with E-state index < -0.39 is 6.04 Å². The van der Waals surface area contributed by atoms with Gasteiger partial charge in [-0.25, -0.2) is 4.68 Å². The van der Waals surface area contributed by atoms with Gasteiger partial charge in [0.25, 0.3) is 11.8 Å². The minimum atomic E-state index is -0.854. The number of para-hydroxylation sites is 1. The highest BCUT2D eigenvalue weighted by atomic mass is 35.5. The molecule has 0 saturated heterocycles. The smallest absolute Gasteiger partial charge is 0.254 e. The number of rotatable bonds is 8. The topological polar surface area (TPSA) is 93.0 Å². The van der Waals surface area contributed by atoms with Gasteiger partial charge in [0.2, 0.25) is 0 Å². The molecule has 0 aliphatic rings. The molecule has 1 aromatic heterocycles. The van der Waals surface area contributed by atoms with Gasteiger partial charge in [-0.2, -0.15) is 0 Å². The molecule has 3 aromatic carbocycles. The molecule has 2 amide bonds. The molecule has 9 heteroatoms. The molecule has 0 unspecified atom stereocenters. The quantitative estimate of drug-likeness (QED) is 0.359. The van der Waals surface area contributed by atoms with Crippen molar-refractivity contribution < 1.29 is 9.59 Å². The number of halogens is 1. The van der Waals surface area contributed by atoms with E-state index in [4.69, 9.17) is 11.6 Å². The number of aromatic nitrogens is 4. The van der Waals surface area contributed by atoms with Crippen LogP contribution in [0.15, 0.2) is 73.1 Å². The summed E-state index contributed by atoms with van der Waals surface area (Å²) >= 11 is 6.13. The average Bonchev–Trinajstić information content (AvgIpc) is 3.42. The lowest BCUT2D eigenvalue weighted by Gasteiger charge is -2.31. The second-order valence-electron chi connectivity index (χ2n) is 8.51. The second-order valence-corrected chi connectivity index (χ2v) is 8.95. The van der Waals surface area contributed by atoms with Crippen LogP contribution >= 0.6 is 11.6 Å². The zero-order valence-corrected chi connectivity index (χ0v) is 21.1. The molecule has 0 fully saturated rings. The molecular weight excluding hydrogens is 476 g/mol. The second kappa shape index (κ2) is 11.1. The summed E-state index contributed by atoms with van der Waals surface area (Å²) < 4.78 is 1.51. The van der Waals surface area contributed by atoms with Gasteiger partial charge in [0.1, 0.15) is 12.4 Å². The Bertz CT molecular complexity index is 1320. The van der Waals surface area contributed by atoms with Crippen molar-refractivity contribution in [3.8, 4) is 5.69 Å². The fraction of sp³-hybridized carbons (Fsp3) is 0.222. The first-order valence-electron chi connectivity index (χ1n) is 11.7. The maximum Gasteiger partial charge on any atom is 0.254 e. The van der Waals surface area contributed by atoms with Gasteiger partial charge in [-0.3, -0.25) is 9.59 Å². The molecule has 1 N–H and O–H groups in total. The Morgan fingerprint density at radius 3 is 2.25 bits per heavy atom. The Labute approximate surface area is 214 Å². The third-order valence-electron chi connectivity index (χ3n) is 5.93. The number of aryl methyl sites for hydroxylation is 2. The van der Waals surface area contributed by atoms with Crippen LogP contribution in [0.5, 0.6) is 0 Å². The van der Waals surface area contributed by atoms with Crippen LogP contribution in [0.25, 0.3) is 5.69 Å². The zero-order valence-electron chi connectivity index (χ0n) is 20.4. The van der Waals surface area contributed by atoms with E-state index in [1.54, 1.807) is 53.4 Å². The maximum atomic E-state index is 13.8. The van der Waals surface area contributed by atoms with E-state index >= 15 is 0 Å². The number of hydrogen-bond donors (Lipinski definition) is 1. The lowest BCUT2D eigenvalue weighted by atomic mass is 10.0.